The molecule has 0 aromatic heterocycles. The highest BCUT2D eigenvalue weighted by molar-refractivity contribution is 7.80. The molecule has 3 nitrogen and oxygen atoms in total. The Morgan fingerprint density at radius 1 is 1.05 bits per heavy atom. The molecule has 0 radical (unpaired) electrons. The predicted molar refractivity (Wildman–Crippen MR) is 84.0 cm³/mol. The molecule has 0 spiro atoms. The second-order valence-electron chi connectivity index (χ2n) is 4.52. The molecule has 0 aliphatic carbocycles. The van der Waals surface area contributed by atoms with Crippen LogP contribution < -0.4 is 10.2 Å². The van der Waals surface area contributed by atoms with Crippen molar-refractivity contribution in [3.05, 3.63) is 71.7 Å². The van der Waals surface area contributed by atoms with Gasteiger partial charge in [0.15, 0.2) is 5.11 Å². The quantitative estimate of drug-likeness (QED) is 0.683. The van der Waals surface area contributed by atoms with Crippen LogP contribution in [-0.2, 0) is 4.79 Å². The van der Waals surface area contributed by atoms with E-state index in [4.69, 9.17) is 12.2 Å². The molecule has 5 heteroatoms. The average molecular weight is 298 g/mol. The Kier molecular flexibility index (Phi) is 3.50. The minimum absolute atomic E-state index is 0.254. The first kappa shape index (κ1) is 13.5. The maximum atomic E-state index is 13.0. The molecule has 1 N–H and O–H groups in total. The molecule has 21 heavy (non-hydrogen) atoms. The van der Waals surface area contributed by atoms with Crippen molar-refractivity contribution in [3.63, 3.8) is 0 Å². The van der Waals surface area contributed by atoms with Gasteiger partial charge in [0.1, 0.15) is 11.5 Å². The molecule has 0 atom stereocenters. The van der Waals surface area contributed by atoms with Gasteiger partial charge in [0.2, 0.25) is 0 Å². The minimum Gasteiger partial charge on any atom is -0.327 e. The summed E-state index contributed by atoms with van der Waals surface area (Å²) in [5.74, 6) is -0.611. The van der Waals surface area contributed by atoms with Gasteiger partial charge >= 0.3 is 0 Å². The van der Waals surface area contributed by atoms with Gasteiger partial charge in [0, 0.05) is 0 Å². The summed E-state index contributed by atoms with van der Waals surface area (Å²) in [4.78, 5) is 13.8. The van der Waals surface area contributed by atoms with Gasteiger partial charge in [-0.3, -0.25) is 9.69 Å². The first-order valence-electron chi connectivity index (χ1n) is 6.33. The molecule has 1 aliphatic rings. The van der Waals surface area contributed by atoms with Crippen LogP contribution in [0.2, 0.25) is 0 Å². The van der Waals surface area contributed by atoms with Crippen LogP contribution in [-0.4, -0.2) is 11.0 Å². The molecule has 104 valence electrons. The van der Waals surface area contributed by atoms with Crippen molar-refractivity contribution in [3.8, 4) is 0 Å². The summed E-state index contributed by atoms with van der Waals surface area (Å²) in [6.07, 6.45) is 1.73. The normalized spacial score (nSPS) is 16.4. The molecule has 1 amide bonds. The SMILES string of the molecule is O=C1/C(=C/c2ccccc2)NC(=S)N1c1ccc(F)cc1. The zero-order chi connectivity index (χ0) is 14.8. The number of thiocarbonyl (C=S) groups is 1. The van der Waals surface area contributed by atoms with Crippen LogP contribution in [0.1, 0.15) is 5.56 Å². The third-order valence-electron chi connectivity index (χ3n) is 3.07. The zero-order valence-corrected chi connectivity index (χ0v) is 11.7. The van der Waals surface area contributed by atoms with Crippen molar-refractivity contribution < 1.29 is 9.18 Å². The molecule has 1 aliphatic heterocycles. The maximum absolute atomic E-state index is 13.0. The lowest BCUT2D eigenvalue weighted by molar-refractivity contribution is -0.113. The van der Waals surface area contributed by atoms with Crippen LogP contribution in [0, 0.1) is 5.82 Å². The summed E-state index contributed by atoms with van der Waals surface area (Å²) < 4.78 is 13.0. The lowest BCUT2D eigenvalue weighted by Gasteiger charge is -2.13. The minimum atomic E-state index is -0.357. The summed E-state index contributed by atoms with van der Waals surface area (Å²) in [6, 6.07) is 15.1. The number of nitrogens with one attached hydrogen (secondary N) is 1. The zero-order valence-electron chi connectivity index (χ0n) is 10.9. The highest BCUT2D eigenvalue weighted by Crippen LogP contribution is 2.22. The number of carbonyl (C=O) groups is 1. The summed E-state index contributed by atoms with van der Waals surface area (Å²) >= 11 is 5.19. The monoisotopic (exact) mass is 298 g/mol. The molecule has 1 saturated heterocycles. The van der Waals surface area contributed by atoms with Crippen LogP contribution in [0.5, 0.6) is 0 Å². The molecule has 3 rings (SSSR count). The van der Waals surface area contributed by atoms with E-state index in [0.29, 0.717) is 11.4 Å². The van der Waals surface area contributed by atoms with Gasteiger partial charge in [0.25, 0.3) is 5.91 Å². The second kappa shape index (κ2) is 5.46. The second-order valence-corrected chi connectivity index (χ2v) is 4.90. The van der Waals surface area contributed by atoms with E-state index in [1.807, 2.05) is 30.3 Å². The number of nitrogens with zero attached hydrogens (tertiary/aromatic N) is 1. The predicted octanol–water partition coefficient (Wildman–Crippen LogP) is 3.09. The fourth-order valence-corrected chi connectivity index (χ4v) is 2.37. The van der Waals surface area contributed by atoms with Crippen molar-refractivity contribution >= 4 is 35.0 Å². The molecular weight excluding hydrogens is 287 g/mol. The number of hydrogen-bond donors (Lipinski definition) is 1. The summed E-state index contributed by atoms with van der Waals surface area (Å²) in [6.45, 7) is 0. The van der Waals surface area contributed by atoms with Gasteiger partial charge < -0.3 is 5.32 Å². The summed E-state index contributed by atoms with van der Waals surface area (Å²) in [7, 11) is 0. The van der Waals surface area contributed by atoms with Crippen molar-refractivity contribution in [1.82, 2.24) is 5.32 Å². The lowest BCUT2D eigenvalue weighted by atomic mass is 10.2. The van der Waals surface area contributed by atoms with Crippen LogP contribution in [0.4, 0.5) is 10.1 Å². The van der Waals surface area contributed by atoms with Crippen molar-refractivity contribution in [2.45, 2.75) is 0 Å². The van der Waals surface area contributed by atoms with Gasteiger partial charge in [-0.2, -0.15) is 0 Å². The molecule has 2 aromatic carbocycles. The fourth-order valence-electron chi connectivity index (χ4n) is 2.08. The van der Waals surface area contributed by atoms with Gasteiger partial charge in [0.05, 0.1) is 5.69 Å². The van der Waals surface area contributed by atoms with E-state index < -0.39 is 0 Å². The third kappa shape index (κ3) is 2.68. The number of rotatable bonds is 2. The van der Waals surface area contributed by atoms with Crippen molar-refractivity contribution in [2.75, 3.05) is 4.90 Å². The number of carbonyl (C=O) groups excluding carboxylic acids is 1. The topological polar surface area (TPSA) is 32.3 Å². The van der Waals surface area contributed by atoms with E-state index in [1.54, 1.807) is 6.08 Å². The van der Waals surface area contributed by atoms with E-state index in [0.717, 1.165) is 5.56 Å². The Labute approximate surface area is 126 Å². The van der Waals surface area contributed by atoms with Gasteiger partial charge in [-0.1, -0.05) is 30.3 Å². The molecule has 2 aromatic rings. The number of benzene rings is 2. The smallest absolute Gasteiger partial charge is 0.281 e. The highest BCUT2D eigenvalue weighted by Gasteiger charge is 2.31. The van der Waals surface area contributed by atoms with Gasteiger partial charge in [-0.05, 0) is 48.1 Å². The molecule has 0 bridgehead atoms. The van der Waals surface area contributed by atoms with Crippen LogP contribution in [0.25, 0.3) is 6.08 Å². The Morgan fingerprint density at radius 3 is 2.38 bits per heavy atom. The largest absolute Gasteiger partial charge is 0.327 e. The summed E-state index contributed by atoms with van der Waals surface area (Å²) in [5.41, 5.74) is 1.84. The van der Waals surface area contributed by atoms with Gasteiger partial charge in [-0.15, -0.1) is 0 Å². The van der Waals surface area contributed by atoms with Crippen LogP contribution >= 0.6 is 12.2 Å². The van der Waals surface area contributed by atoms with E-state index in [1.165, 1.54) is 29.2 Å². The molecule has 0 unspecified atom stereocenters. The van der Waals surface area contributed by atoms with E-state index >= 15 is 0 Å². The number of hydrogen-bond acceptors (Lipinski definition) is 2. The molecule has 1 fully saturated rings. The fraction of sp³-hybridized carbons (Fsp3) is 0. The van der Waals surface area contributed by atoms with Crippen LogP contribution in [0.15, 0.2) is 60.3 Å². The molecule has 1 heterocycles. The van der Waals surface area contributed by atoms with Crippen molar-refractivity contribution in [1.29, 1.82) is 0 Å². The van der Waals surface area contributed by atoms with E-state index in [-0.39, 0.29) is 16.8 Å². The van der Waals surface area contributed by atoms with Gasteiger partial charge in [-0.25, -0.2) is 4.39 Å². The maximum Gasteiger partial charge on any atom is 0.281 e. The number of anilines is 1. The standard InChI is InChI=1S/C16H11FN2OS/c17-12-6-8-13(9-7-12)19-15(20)14(18-16(19)21)10-11-4-2-1-3-5-11/h1-10H,(H,18,21)/b14-10-. The Balaban J connectivity index is 1.92. The Hall–Kier alpha value is -2.53. The highest BCUT2D eigenvalue weighted by atomic mass is 32.1. The number of amides is 1. The average Bonchev–Trinajstić information content (AvgIpc) is 2.76. The third-order valence-corrected chi connectivity index (χ3v) is 3.36. The van der Waals surface area contributed by atoms with E-state index in [9.17, 15) is 9.18 Å². The Morgan fingerprint density at radius 2 is 1.71 bits per heavy atom. The van der Waals surface area contributed by atoms with Crippen molar-refractivity contribution in [2.24, 2.45) is 0 Å². The first-order chi connectivity index (χ1) is 10.1. The van der Waals surface area contributed by atoms with E-state index in [2.05, 4.69) is 5.32 Å². The number of halogens is 1. The first-order valence-corrected chi connectivity index (χ1v) is 6.74. The molecule has 0 saturated carbocycles. The van der Waals surface area contributed by atoms with Crippen LogP contribution in [0.3, 0.4) is 0 Å². The lowest BCUT2D eigenvalue weighted by Crippen LogP contribution is -2.30. The Bertz CT molecular complexity index is 726. The molecular formula is C16H11FN2OS. The summed E-state index contributed by atoms with van der Waals surface area (Å²) in [5, 5.41) is 3.18.